The van der Waals surface area contributed by atoms with Crippen molar-refractivity contribution in [2.75, 3.05) is 0 Å². The van der Waals surface area contributed by atoms with Crippen LogP contribution in [-0.2, 0) is 19.3 Å². The lowest BCUT2D eigenvalue weighted by Crippen LogP contribution is -2.17. The van der Waals surface area contributed by atoms with Gasteiger partial charge in [0.2, 0.25) is 0 Å². The van der Waals surface area contributed by atoms with E-state index in [1.165, 1.54) is 57.5 Å². The first-order valence-electron chi connectivity index (χ1n) is 12.6. The summed E-state index contributed by atoms with van der Waals surface area (Å²) in [5, 5.41) is 3.20. The smallest absolute Gasteiger partial charge is 0.123 e. The molecular formula is C32H29FN2. The maximum absolute atomic E-state index is 14.1. The Bertz CT molecular complexity index is 1380. The predicted molar refractivity (Wildman–Crippen MR) is 141 cm³/mol. The number of fused-ring (bicyclic) bond motifs is 8. The zero-order valence-electron chi connectivity index (χ0n) is 19.8. The van der Waals surface area contributed by atoms with Gasteiger partial charge in [0.15, 0.2) is 0 Å². The van der Waals surface area contributed by atoms with E-state index in [1.807, 2.05) is 24.7 Å². The van der Waals surface area contributed by atoms with Crippen molar-refractivity contribution in [3.8, 4) is 11.1 Å². The number of nitrogens with zero attached hydrogens (tertiary/aromatic N) is 1. The van der Waals surface area contributed by atoms with Gasteiger partial charge in [0.05, 0.1) is 0 Å². The summed E-state index contributed by atoms with van der Waals surface area (Å²) in [5.41, 5.74) is 11.8. The molecule has 0 spiro atoms. The van der Waals surface area contributed by atoms with Crippen molar-refractivity contribution >= 4 is 6.08 Å². The van der Waals surface area contributed by atoms with Crippen molar-refractivity contribution in [1.82, 2.24) is 10.3 Å². The van der Waals surface area contributed by atoms with Gasteiger partial charge in [0, 0.05) is 24.3 Å². The van der Waals surface area contributed by atoms with Gasteiger partial charge in [0.25, 0.3) is 0 Å². The summed E-state index contributed by atoms with van der Waals surface area (Å²) in [4.78, 5) is 4.13. The Kier molecular flexibility index (Phi) is 5.91. The minimum Gasteiger partial charge on any atom is -0.365 e. The zero-order valence-corrected chi connectivity index (χ0v) is 19.8. The number of pyridine rings is 1. The molecule has 2 aliphatic heterocycles. The highest BCUT2D eigenvalue weighted by Crippen LogP contribution is 2.44. The van der Waals surface area contributed by atoms with Crippen LogP contribution in [0.4, 0.5) is 4.39 Å². The van der Waals surface area contributed by atoms with Gasteiger partial charge in [-0.3, -0.25) is 4.98 Å². The van der Waals surface area contributed by atoms with Crippen molar-refractivity contribution in [3.05, 3.63) is 130 Å². The quantitative estimate of drug-likeness (QED) is 0.430. The van der Waals surface area contributed by atoms with Gasteiger partial charge < -0.3 is 5.32 Å². The minimum atomic E-state index is -0.156. The largest absolute Gasteiger partial charge is 0.365 e. The number of hydrogen-bond acceptors (Lipinski definition) is 2. The molecule has 1 atom stereocenters. The fraction of sp³-hybridized carbons (Fsp3) is 0.219. The normalized spacial score (nSPS) is 18.6. The van der Waals surface area contributed by atoms with E-state index in [1.54, 1.807) is 12.1 Å². The summed E-state index contributed by atoms with van der Waals surface area (Å²) in [6, 6.07) is 13.9. The molecule has 0 saturated carbocycles. The molecule has 174 valence electrons. The van der Waals surface area contributed by atoms with Gasteiger partial charge in [-0.1, -0.05) is 36.4 Å². The van der Waals surface area contributed by atoms with Gasteiger partial charge in [-0.05, 0) is 125 Å². The maximum atomic E-state index is 14.1. The zero-order chi connectivity index (χ0) is 23.6. The third-order valence-electron chi connectivity index (χ3n) is 7.50. The maximum Gasteiger partial charge on any atom is 0.123 e. The second-order valence-electron chi connectivity index (χ2n) is 9.70. The molecule has 0 fully saturated rings. The van der Waals surface area contributed by atoms with Crippen LogP contribution < -0.4 is 5.32 Å². The molecule has 2 aromatic carbocycles. The SMILES string of the molecule is C1=CC2=CC=C(CC2)N1.Fc1ccc2c(c1)-c1ccc3c(c1CC2Cc1ccncc1)CCC=C3. The molecule has 5 aliphatic rings. The molecule has 1 unspecified atom stereocenters. The molecule has 1 N–H and O–H groups in total. The van der Waals surface area contributed by atoms with E-state index in [9.17, 15) is 4.39 Å². The third kappa shape index (κ3) is 4.51. The standard InChI is InChI=1S/C24H20FN.C8H9N/c25-19-6-8-21-18(13-16-9-11-26-12-10-16)14-23-20-4-2-1-3-17(20)5-7-22(23)24(21)15-19;1-3-8-4-2-7(1)5-6-9-8/h1,3,5-12,15,18H,2,4,13-14H2;1,3,5-6,9H,2,4H2. The fourth-order valence-corrected chi connectivity index (χ4v) is 5.71. The van der Waals surface area contributed by atoms with Crippen molar-refractivity contribution in [3.63, 3.8) is 0 Å². The fourth-order valence-electron chi connectivity index (χ4n) is 5.71. The molecule has 2 bridgehead atoms. The third-order valence-corrected chi connectivity index (χ3v) is 7.50. The molecule has 35 heavy (non-hydrogen) atoms. The second-order valence-corrected chi connectivity index (χ2v) is 9.70. The first kappa shape index (κ1) is 21.8. The van der Waals surface area contributed by atoms with Crippen LogP contribution in [0.1, 0.15) is 53.0 Å². The molecule has 0 saturated heterocycles. The Morgan fingerprint density at radius 2 is 1.80 bits per heavy atom. The second kappa shape index (κ2) is 9.50. The predicted octanol–water partition coefficient (Wildman–Crippen LogP) is 7.44. The summed E-state index contributed by atoms with van der Waals surface area (Å²) in [7, 11) is 0. The molecule has 0 amide bonds. The van der Waals surface area contributed by atoms with Crippen LogP contribution >= 0.6 is 0 Å². The average Bonchev–Trinajstić information content (AvgIpc) is 3.28. The Morgan fingerprint density at radius 1 is 0.886 bits per heavy atom. The highest BCUT2D eigenvalue weighted by Gasteiger charge is 2.28. The van der Waals surface area contributed by atoms with E-state index in [0.29, 0.717) is 5.92 Å². The lowest BCUT2D eigenvalue weighted by Gasteiger charge is -2.31. The van der Waals surface area contributed by atoms with Crippen molar-refractivity contribution in [2.24, 2.45) is 0 Å². The van der Waals surface area contributed by atoms with Gasteiger partial charge in [-0.25, -0.2) is 4.39 Å². The summed E-state index contributed by atoms with van der Waals surface area (Å²) < 4.78 is 14.1. The van der Waals surface area contributed by atoms with E-state index in [0.717, 1.165) is 31.2 Å². The van der Waals surface area contributed by atoms with Crippen LogP contribution in [0.2, 0.25) is 0 Å². The Balaban J connectivity index is 0.000000212. The van der Waals surface area contributed by atoms with E-state index in [-0.39, 0.29) is 5.82 Å². The number of allylic oxidation sites excluding steroid dienone is 6. The first-order valence-corrected chi connectivity index (χ1v) is 12.6. The molecular weight excluding hydrogens is 431 g/mol. The molecule has 3 heterocycles. The van der Waals surface area contributed by atoms with Gasteiger partial charge in [-0.2, -0.15) is 0 Å². The van der Waals surface area contributed by atoms with Gasteiger partial charge in [0.1, 0.15) is 5.82 Å². The minimum absolute atomic E-state index is 0.156. The van der Waals surface area contributed by atoms with E-state index < -0.39 is 0 Å². The first-order chi connectivity index (χ1) is 17.2. The number of benzene rings is 2. The van der Waals surface area contributed by atoms with Gasteiger partial charge in [-0.15, -0.1) is 0 Å². The molecule has 8 rings (SSSR count). The Hall–Kier alpha value is -3.72. The lowest BCUT2D eigenvalue weighted by atomic mass is 9.73. The molecule has 3 aromatic rings. The molecule has 0 radical (unpaired) electrons. The molecule has 3 heteroatoms. The van der Waals surface area contributed by atoms with Crippen LogP contribution in [-0.4, -0.2) is 4.98 Å². The van der Waals surface area contributed by atoms with Crippen LogP contribution in [0.25, 0.3) is 17.2 Å². The number of hydrogen-bond donors (Lipinski definition) is 1. The molecule has 3 aliphatic carbocycles. The van der Waals surface area contributed by atoms with Crippen molar-refractivity contribution in [2.45, 2.75) is 44.4 Å². The summed E-state index contributed by atoms with van der Waals surface area (Å²) in [6.45, 7) is 0. The van der Waals surface area contributed by atoms with Gasteiger partial charge >= 0.3 is 0 Å². The monoisotopic (exact) mass is 460 g/mol. The Labute approximate surface area is 206 Å². The van der Waals surface area contributed by atoms with Crippen molar-refractivity contribution < 1.29 is 4.39 Å². The van der Waals surface area contributed by atoms with Crippen LogP contribution in [0.5, 0.6) is 0 Å². The van der Waals surface area contributed by atoms with Crippen LogP contribution in [0.3, 0.4) is 0 Å². The number of halogens is 1. The Morgan fingerprint density at radius 3 is 2.66 bits per heavy atom. The molecule has 2 nitrogen and oxygen atoms in total. The highest BCUT2D eigenvalue weighted by atomic mass is 19.1. The average molecular weight is 461 g/mol. The number of nitrogens with one attached hydrogen (secondary N) is 1. The topological polar surface area (TPSA) is 24.9 Å². The van der Waals surface area contributed by atoms with Crippen LogP contribution in [0, 0.1) is 5.82 Å². The summed E-state index contributed by atoms with van der Waals surface area (Å²) in [5.74, 6) is 0.217. The van der Waals surface area contributed by atoms with E-state index in [4.69, 9.17) is 0 Å². The molecule has 1 aromatic heterocycles. The van der Waals surface area contributed by atoms with Crippen molar-refractivity contribution in [1.29, 1.82) is 0 Å². The summed E-state index contributed by atoms with van der Waals surface area (Å²) in [6.07, 6.45) is 23.2. The van der Waals surface area contributed by atoms with Crippen LogP contribution in [0.15, 0.2) is 96.6 Å². The number of aromatic nitrogens is 1. The lowest BCUT2D eigenvalue weighted by molar-refractivity contribution is 0.620. The number of rotatable bonds is 2. The van der Waals surface area contributed by atoms with E-state index >= 15 is 0 Å². The summed E-state index contributed by atoms with van der Waals surface area (Å²) >= 11 is 0. The highest BCUT2D eigenvalue weighted by molar-refractivity contribution is 5.78. The van der Waals surface area contributed by atoms with E-state index in [2.05, 4.69) is 64.9 Å².